The van der Waals surface area contributed by atoms with Crippen molar-refractivity contribution < 1.29 is 0 Å². The molecule has 0 bridgehead atoms. The van der Waals surface area contributed by atoms with E-state index in [2.05, 4.69) is 45.5 Å². The van der Waals surface area contributed by atoms with Gasteiger partial charge in [0.15, 0.2) is 0 Å². The molecule has 2 aromatic rings. The summed E-state index contributed by atoms with van der Waals surface area (Å²) in [5.41, 5.74) is 2.40. The van der Waals surface area contributed by atoms with Crippen molar-refractivity contribution in [2.75, 3.05) is 23.7 Å². The molecule has 0 radical (unpaired) electrons. The first-order valence-electron chi connectivity index (χ1n) is 7.55. The molecule has 0 aromatic carbocycles. The summed E-state index contributed by atoms with van der Waals surface area (Å²) < 4.78 is 0. The molecule has 2 rings (SSSR count). The highest BCUT2D eigenvalue weighted by atomic mass is 15.1. The van der Waals surface area contributed by atoms with Crippen LogP contribution in [0.1, 0.15) is 31.4 Å². The van der Waals surface area contributed by atoms with E-state index in [-0.39, 0.29) is 0 Å². The van der Waals surface area contributed by atoms with Crippen LogP contribution in [0.15, 0.2) is 30.9 Å². The summed E-state index contributed by atoms with van der Waals surface area (Å²) in [5.74, 6) is 1.88. The minimum Gasteiger partial charge on any atom is -0.370 e. The van der Waals surface area contributed by atoms with Gasteiger partial charge in [0.05, 0.1) is 0 Å². The van der Waals surface area contributed by atoms with E-state index in [1.165, 1.54) is 11.1 Å². The maximum Gasteiger partial charge on any atom is 0.134 e. The molecule has 112 valence electrons. The molecular formula is C16H23N5. The fourth-order valence-electron chi connectivity index (χ4n) is 2.24. The van der Waals surface area contributed by atoms with Crippen LogP contribution in [0.2, 0.25) is 0 Å². The smallest absolute Gasteiger partial charge is 0.134 e. The maximum absolute atomic E-state index is 4.39. The van der Waals surface area contributed by atoms with Gasteiger partial charge in [0.2, 0.25) is 0 Å². The summed E-state index contributed by atoms with van der Waals surface area (Å²) in [4.78, 5) is 12.9. The van der Waals surface area contributed by atoms with Gasteiger partial charge in [0.25, 0.3) is 0 Å². The molecule has 5 nitrogen and oxygen atoms in total. The van der Waals surface area contributed by atoms with Gasteiger partial charge in [-0.2, -0.15) is 0 Å². The minimum absolute atomic E-state index is 0.838. The molecule has 2 aromatic heterocycles. The lowest BCUT2D eigenvalue weighted by Crippen LogP contribution is -2.12. The first-order valence-corrected chi connectivity index (χ1v) is 7.55. The zero-order valence-corrected chi connectivity index (χ0v) is 12.8. The van der Waals surface area contributed by atoms with Crippen molar-refractivity contribution in [3.8, 4) is 0 Å². The van der Waals surface area contributed by atoms with Crippen LogP contribution in [-0.2, 0) is 12.8 Å². The van der Waals surface area contributed by atoms with Gasteiger partial charge in [-0.1, -0.05) is 19.4 Å². The predicted octanol–water partition coefficient (Wildman–Crippen LogP) is 2.91. The first-order chi connectivity index (χ1) is 10.3. The van der Waals surface area contributed by atoms with Crippen LogP contribution < -0.4 is 10.6 Å². The summed E-state index contributed by atoms with van der Waals surface area (Å²) in [7, 11) is 0. The molecule has 2 heterocycles. The van der Waals surface area contributed by atoms with Gasteiger partial charge >= 0.3 is 0 Å². The SMILES string of the molecule is CCCc1c(NCC)ncnc1NCCc1cccnc1. The largest absolute Gasteiger partial charge is 0.370 e. The normalized spacial score (nSPS) is 10.4. The number of rotatable bonds is 8. The number of anilines is 2. The molecule has 0 saturated heterocycles. The van der Waals surface area contributed by atoms with Crippen molar-refractivity contribution in [2.24, 2.45) is 0 Å². The Morgan fingerprint density at radius 1 is 1.05 bits per heavy atom. The van der Waals surface area contributed by atoms with Crippen LogP contribution in [0.4, 0.5) is 11.6 Å². The highest BCUT2D eigenvalue weighted by Gasteiger charge is 2.09. The zero-order chi connectivity index (χ0) is 14.9. The molecule has 0 fully saturated rings. The van der Waals surface area contributed by atoms with E-state index >= 15 is 0 Å². The Hall–Kier alpha value is -2.17. The van der Waals surface area contributed by atoms with Gasteiger partial charge in [-0.15, -0.1) is 0 Å². The zero-order valence-electron chi connectivity index (χ0n) is 12.8. The lowest BCUT2D eigenvalue weighted by molar-refractivity contribution is 0.891. The quantitative estimate of drug-likeness (QED) is 0.781. The van der Waals surface area contributed by atoms with Gasteiger partial charge < -0.3 is 10.6 Å². The van der Waals surface area contributed by atoms with Gasteiger partial charge in [-0.25, -0.2) is 9.97 Å². The number of nitrogens with zero attached hydrogens (tertiary/aromatic N) is 3. The maximum atomic E-state index is 4.39. The van der Waals surface area contributed by atoms with Crippen molar-refractivity contribution in [1.82, 2.24) is 15.0 Å². The molecule has 21 heavy (non-hydrogen) atoms. The van der Waals surface area contributed by atoms with Crippen LogP contribution in [0.5, 0.6) is 0 Å². The average molecular weight is 285 g/mol. The van der Waals surface area contributed by atoms with Crippen molar-refractivity contribution >= 4 is 11.6 Å². The van der Waals surface area contributed by atoms with Gasteiger partial charge in [-0.05, 0) is 31.4 Å². The fourth-order valence-corrected chi connectivity index (χ4v) is 2.24. The molecule has 2 N–H and O–H groups in total. The summed E-state index contributed by atoms with van der Waals surface area (Å²) in [6.07, 6.45) is 8.28. The van der Waals surface area contributed by atoms with Crippen LogP contribution in [-0.4, -0.2) is 28.0 Å². The van der Waals surface area contributed by atoms with Gasteiger partial charge in [-0.3, -0.25) is 4.98 Å². The lowest BCUT2D eigenvalue weighted by atomic mass is 10.1. The van der Waals surface area contributed by atoms with Gasteiger partial charge in [0, 0.05) is 31.0 Å². The number of hydrogen-bond acceptors (Lipinski definition) is 5. The Morgan fingerprint density at radius 2 is 1.86 bits per heavy atom. The Balaban J connectivity index is 2.03. The topological polar surface area (TPSA) is 62.7 Å². The van der Waals surface area contributed by atoms with Gasteiger partial charge in [0.1, 0.15) is 18.0 Å². The second-order valence-electron chi connectivity index (χ2n) is 4.87. The number of hydrogen-bond donors (Lipinski definition) is 2. The number of pyridine rings is 1. The highest BCUT2D eigenvalue weighted by Crippen LogP contribution is 2.21. The lowest BCUT2D eigenvalue weighted by Gasteiger charge is -2.14. The van der Waals surface area contributed by atoms with Crippen molar-refractivity contribution in [3.63, 3.8) is 0 Å². The molecule has 0 atom stereocenters. The molecule has 5 heteroatoms. The molecule has 0 amide bonds. The molecule has 0 aliphatic carbocycles. The van der Waals surface area contributed by atoms with Crippen LogP contribution in [0.25, 0.3) is 0 Å². The third-order valence-electron chi connectivity index (χ3n) is 3.22. The number of nitrogens with one attached hydrogen (secondary N) is 2. The molecule has 0 aliphatic rings. The molecule has 0 unspecified atom stereocenters. The third kappa shape index (κ3) is 4.41. The molecule has 0 aliphatic heterocycles. The van der Waals surface area contributed by atoms with E-state index in [4.69, 9.17) is 0 Å². The van der Waals surface area contributed by atoms with Crippen LogP contribution in [0.3, 0.4) is 0 Å². The average Bonchev–Trinajstić information content (AvgIpc) is 2.51. The Labute approximate surface area is 126 Å². The van der Waals surface area contributed by atoms with E-state index in [0.717, 1.165) is 44.0 Å². The monoisotopic (exact) mass is 285 g/mol. The number of aromatic nitrogens is 3. The van der Waals surface area contributed by atoms with Crippen LogP contribution >= 0.6 is 0 Å². The Kier molecular flexibility index (Phi) is 5.94. The van der Waals surface area contributed by atoms with E-state index in [1.807, 2.05) is 12.3 Å². The summed E-state index contributed by atoms with van der Waals surface area (Å²) in [5, 5.41) is 6.73. The fraction of sp³-hybridized carbons (Fsp3) is 0.438. The summed E-state index contributed by atoms with van der Waals surface area (Å²) >= 11 is 0. The summed E-state index contributed by atoms with van der Waals surface area (Å²) in [6.45, 7) is 5.95. The van der Waals surface area contributed by atoms with E-state index in [0.29, 0.717) is 0 Å². The van der Waals surface area contributed by atoms with E-state index in [1.54, 1.807) is 12.5 Å². The minimum atomic E-state index is 0.838. The Morgan fingerprint density at radius 3 is 2.52 bits per heavy atom. The van der Waals surface area contributed by atoms with Crippen molar-refractivity contribution in [1.29, 1.82) is 0 Å². The highest BCUT2D eigenvalue weighted by molar-refractivity contribution is 5.57. The second kappa shape index (κ2) is 8.19. The van der Waals surface area contributed by atoms with Crippen LogP contribution in [0, 0.1) is 0 Å². The standard InChI is InChI=1S/C16H23N5/c1-3-6-14-15(18-4-2)20-12-21-16(14)19-10-8-13-7-5-9-17-11-13/h5,7,9,11-12H,3-4,6,8,10H2,1-2H3,(H2,18,19,20,21). The van der Waals surface area contributed by atoms with E-state index in [9.17, 15) is 0 Å². The predicted molar refractivity (Wildman–Crippen MR) is 86.6 cm³/mol. The molecule has 0 spiro atoms. The van der Waals surface area contributed by atoms with Crippen molar-refractivity contribution in [3.05, 3.63) is 42.0 Å². The van der Waals surface area contributed by atoms with Crippen molar-refractivity contribution in [2.45, 2.75) is 33.1 Å². The third-order valence-corrected chi connectivity index (χ3v) is 3.22. The molecule has 0 saturated carbocycles. The summed E-state index contributed by atoms with van der Waals surface area (Å²) in [6, 6.07) is 4.05. The second-order valence-corrected chi connectivity index (χ2v) is 4.87. The first kappa shape index (κ1) is 15.2. The molecular weight excluding hydrogens is 262 g/mol. The Bertz CT molecular complexity index is 542. The van der Waals surface area contributed by atoms with E-state index < -0.39 is 0 Å².